The van der Waals surface area contributed by atoms with Crippen LogP contribution in [0.25, 0.3) is 10.9 Å². The van der Waals surface area contributed by atoms with Crippen LogP contribution in [-0.4, -0.2) is 21.8 Å². The standard InChI is InChI=1S/C18H14Cl2F2N4O.ClH/c19-5-1-2-17(27)26-16-7-11-15(8-14(16)22)23-9-24-18(11)25-10-3-4-13(21)12(20)6-10;/h3-4,6-9H,1-2,5H2,(H,26,27)(H,23,24,25);1H. The minimum Gasteiger partial charge on any atom is -0.340 e. The number of fused-ring (bicyclic) bond motifs is 1. The van der Waals surface area contributed by atoms with Crippen LogP contribution in [0.2, 0.25) is 5.02 Å². The second kappa shape index (κ2) is 9.82. The second-order valence-corrected chi connectivity index (χ2v) is 6.45. The van der Waals surface area contributed by atoms with E-state index in [9.17, 15) is 13.6 Å². The molecule has 1 heterocycles. The fraction of sp³-hybridized carbons (Fsp3) is 0.167. The predicted molar refractivity (Wildman–Crippen MR) is 110 cm³/mol. The van der Waals surface area contributed by atoms with Crippen molar-refractivity contribution in [3.63, 3.8) is 0 Å². The van der Waals surface area contributed by atoms with Gasteiger partial charge >= 0.3 is 0 Å². The van der Waals surface area contributed by atoms with Crippen LogP contribution in [-0.2, 0) is 4.79 Å². The van der Waals surface area contributed by atoms with Gasteiger partial charge < -0.3 is 10.6 Å². The van der Waals surface area contributed by atoms with Gasteiger partial charge in [0.05, 0.1) is 16.2 Å². The average Bonchev–Trinajstić information content (AvgIpc) is 2.64. The zero-order valence-corrected chi connectivity index (χ0v) is 16.6. The van der Waals surface area contributed by atoms with Gasteiger partial charge in [0.2, 0.25) is 5.91 Å². The lowest BCUT2D eigenvalue weighted by molar-refractivity contribution is -0.116. The first-order chi connectivity index (χ1) is 13.0. The number of nitrogens with zero attached hydrogens (tertiary/aromatic N) is 2. The number of nitrogens with one attached hydrogen (secondary N) is 2. The lowest BCUT2D eigenvalue weighted by Crippen LogP contribution is -2.12. The molecule has 0 saturated carbocycles. The highest BCUT2D eigenvalue weighted by atomic mass is 35.5. The summed E-state index contributed by atoms with van der Waals surface area (Å²) in [4.78, 5) is 20.1. The van der Waals surface area contributed by atoms with Crippen molar-refractivity contribution in [1.82, 2.24) is 9.97 Å². The highest BCUT2D eigenvalue weighted by Gasteiger charge is 2.13. The maximum absolute atomic E-state index is 14.3. The molecule has 148 valence electrons. The third-order valence-corrected chi connectivity index (χ3v) is 4.27. The number of carbonyl (C=O) groups excluding carboxylic acids is 1. The molecular weight excluding hydrogens is 433 g/mol. The molecule has 0 atom stereocenters. The Morgan fingerprint density at radius 3 is 2.61 bits per heavy atom. The normalized spacial score (nSPS) is 10.4. The number of anilines is 3. The predicted octanol–water partition coefficient (Wildman–Crippen LogP) is 5.68. The minimum atomic E-state index is -0.615. The summed E-state index contributed by atoms with van der Waals surface area (Å²) in [6, 6.07) is 6.76. The Bertz CT molecular complexity index is 1000. The van der Waals surface area contributed by atoms with Gasteiger partial charge in [-0.3, -0.25) is 4.79 Å². The molecule has 0 bridgehead atoms. The largest absolute Gasteiger partial charge is 0.340 e. The number of hydrogen-bond donors (Lipinski definition) is 2. The molecule has 0 spiro atoms. The smallest absolute Gasteiger partial charge is 0.224 e. The molecular formula is C18H15Cl3F2N4O. The van der Waals surface area contributed by atoms with Gasteiger partial charge in [0.1, 0.15) is 23.8 Å². The van der Waals surface area contributed by atoms with Crippen LogP contribution in [0.4, 0.5) is 26.0 Å². The minimum absolute atomic E-state index is 0. The van der Waals surface area contributed by atoms with E-state index in [-0.39, 0.29) is 35.4 Å². The van der Waals surface area contributed by atoms with Crippen LogP contribution < -0.4 is 10.6 Å². The number of amides is 1. The molecule has 3 aromatic rings. The molecule has 5 nitrogen and oxygen atoms in total. The monoisotopic (exact) mass is 446 g/mol. The van der Waals surface area contributed by atoms with Crippen molar-refractivity contribution in [2.75, 3.05) is 16.5 Å². The summed E-state index contributed by atoms with van der Waals surface area (Å²) in [5.41, 5.74) is 0.854. The maximum Gasteiger partial charge on any atom is 0.224 e. The Morgan fingerprint density at radius 1 is 1.11 bits per heavy atom. The summed E-state index contributed by atoms with van der Waals surface area (Å²) in [7, 11) is 0. The first-order valence-electron chi connectivity index (χ1n) is 8.00. The quantitative estimate of drug-likeness (QED) is 0.477. The second-order valence-electron chi connectivity index (χ2n) is 5.67. The first-order valence-corrected chi connectivity index (χ1v) is 8.91. The van der Waals surface area contributed by atoms with E-state index in [1.54, 1.807) is 0 Å². The van der Waals surface area contributed by atoms with Crippen LogP contribution in [0.1, 0.15) is 12.8 Å². The fourth-order valence-corrected chi connectivity index (χ4v) is 2.74. The van der Waals surface area contributed by atoms with Crippen LogP contribution in [0.15, 0.2) is 36.7 Å². The average molecular weight is 448 g/mol. The third-order valence-electron chi connectivity index (χ3n) is 3.72. The molecule has 28 heavy (non-hydrogen) atoms. The number of benzene rings is 2. The van der Waals surface area contributed by atoms with E-state index in [0.29, 0.717) is 34.7 Å². The molecule has 10 heteroatoms. The van der Waals surface area contributed by atoms with E-state index >= 15 is 0 Å². The van der Waals surface area contributed by atoms with Crippen molar-refractivity contribution in [2.45, 2.75) is 12.8 Å². The molecule has 0 aliphatic heterocycles. The molecule has 0 saturated heterocycles. The van der Waals surface area contributed by atoms with E-state index in [1.165, 1.54) is 36.7 Å². The van der Waals surface area contributed by atoms with Crippen molar-refractivity contribution < 1.29 is 13.6 Å². The van der Waals surface area contributed by atoms with Crippen molar-refractivity contribution in [3.8, 4) is 0 Å². The summed E-state index contributed by atoms with van der Waals surface area (Å²) in [5, 5.41) is 5.95. The fourth-order valence-electron chi connectivity index (χ4n) is 2.42. The molecule has 0 fully saturated rings. The Labute approximate surface area is 175 Å². The van der Waals surface area contributed by atoms with Gasteiger partial charge in [0.25, 0.3) is 0 Å². The summed E-state index contributed by atoms with van der Waals surface area (Å²) in [6.45, 7) is 0. The van der Waals surface area contributed by atoms with Gasteiger partial charge in [0, 0.05) is 29.4 Å². The lowest BCUT2D eigenvalue weighted by Gasteiger charge is -2.11. The Kier molecular flexibility index (Phi) is 7.74. The number of rotatable bonds is 6. The molecule has 1 aromatic heterocycles. The highest BCUT2D eigenvalue weighted by Crippen LogP contribution is 2.29. The van der Waals surface area contributed by atoms with Gasteiger partial charge in [-0.1, -0.05) is 11.6 Å². The van der Waals surface area contributed by atoms with Crippen molar-refractivity contribution in [3.05, 3.63) is 53.3 Å². The lowest BCUT2D eigenvalue weighted by atomic mass is 10.2. The molecule has 2 aromatic carbocycles. The van der Waals surface area contributed by atoms with Gasteiger partial charge in [0.15, 0.2) is 0 Å². The van der Waals surface area contributed by atoms with Crippen LogP contribution in [0.5, 0.6) is 0 Å². The Balaban J connectivity index is 0.00000280. The zero-order valence-electron chi connectivity index (χ0n) is 14.3. The summed E-state index contributed by atoms with van der Waals surface area (Å²) in [5.74, 6) is -0.796. The summed E-state index contributed by atoms with van der Waals surface area (Å²) >= 11 is 11.4. The summed E-state index contributed by atoms with van der Waals surface area (Å²) in [6.07, 6.45) is 1.95. The van der Waals surface area contributed by atoms with Crippen LogP contribution in [0.3, 0.4) is 0 Å². The van der Waals surface area contributed by atoms with Gasteiger partial charge in [-0.05, 0) is 30.7 Å². The molecule has 1 amide bonds. The highest BCUT2D eigenvalue weighted by molar-refractivity contribution is 6.31. The molecule has 0 aliphatic rings. The van der Waals surface area contributed by atoms with Crippen molar-refractivity contribution >= 4 is 69.6 Å². The number of aromatic nitrogens is 2. The van der Waals surface area contributed by atoms with Gasteiger partial charge in [-0.2, -0.15) is 0 Å². The number of carbonyl (C=O) groups is 1. The zero-order chi connectivity index (χ0) is 19.4. The van der Waals surface area contributed by atoms with Crippen LogP contribution in [0, 0.1) is 11.6 Å². The Hall–Kier alpha value is -2.22. The molecule has 0 aliphatic carbocycles. The Morgan fingerprint density at radius 2 is 1.89 bits per heavy atom. The van der Waals surface area contributed by atoms with Crippen molar-refractivity contribution in [2.24, 2.45) is 0 Å². The van der Waals surface area contributed by atoms with Crippen molar-refractivity contribution in [1.29, 1.82) is 0 Å². The molecule has 0 radical (unpaired) electrons. The summed E-state index contributed by atoms with van der Waals surface area (Å²) < 4.78 is 27.6. The molecule has 0 unspecified atom stereocenters. The molecule has 2 N–H and O–H groups in total. The van der Waals surface area contributed by atoms with E-state index < -0.39 is 11.6 Å². The topological polar surface area (TPSA) is 66.9 Å². The van der Waals surface area contributed by atoms with E-state index in [2.05, 4.69) is 20.6 Å². The van der Waals surface area contributed by atoms with Gasteiger partial charge in [-0.15, -0.1) is 24.0 Å². The SMILES string of the molecule is Cl.O=C(CCCCl)Nc1cc2c(Nc3ccc(F)c(Cl)c3)ncnc2cc1F. The maximum atomic E-state index is 14.3. The van der Waals surface area contributed by atoms with E-state index in [4.69, 9.17) is 23.2 Å². The van der Waals surface area contributed by atoms with E-state index in [1.807, 2.05) is 0 Å². The number of alkyl halides is 1. The third kappa shape index (κ3) is 5.19. The first kappa shape index (κ1) is 22.1. The van der Waals surface area contributed by atoms with Crippen LogP contribution >= 0.6 is 35.6 Å². The van der Waals surface area contributed by atoms with Gasteiger partial charge in [-0.25, -0.2) is 18.7 Å². The number of halogens is 5. The number of hydrogen-bond acceptors (Lipinski definition) is 4. The molecule has 3 rings (SSSR count). The van der Waals surface area contributed by atoms with E-state index in [0.717, 1.165) is 0 Å².